The van der Waals surface area contributed by atoms with E-state index in [4.69, 9.17) is 22.1 Å². The lowest BCUT2D eigenvalue weighted by atomic mass is 9.94. The van der Waals surface area contributed by atoms with Crippen LogP contribution in [0.25, 0.3) is 0 Å². The van der Waals surface area contributed by atoms with Crippen molar-refractivity contribution in [1.29, 1.82) is 10.5 Å². The Balaban J connectivity index is 2.20. The summed E-state index contributed by atoms with van der Waals surface area (Å²) >= 11 is 5.87. The van der Waals surface area contributed by atoms with Gasteiger partial charge in [-0.05, 0) is 24.3 Å². The first-order valence-corrected chi connectivity index (χ1v) is 8.21. The minimum atomic E-state index is -0.474. The van der Waals surface area contributed by atoms with Gasteiger partial charge in [-0.2, -0.15) is 10.5 Å². The van der Waals surface area contributed by atoms with Gasteiger partial charge in [0.1, 0.15) is 34.9 Å². The predicted octanol–water partition coefficient (Wildman–Crippen LogP) is 2.13. The van der Waals surface area contributed by atoms with Gasteiger partial charge in [0.2, 0.25) is 0 Å². The number of carbonyl (C=O) groups is 1. The van der Waals surface area contributed by atoms with Gasteiger partial charge in [-0.3, -0.25) is 4.79 Å². The van der Waals surface area contributed by atoms with Crippen LogP contribution in [0.15, 0.2) is 24.3 Å². The van der Waals surface area contributed by atoms with E-state index < -0.39 is 5.78 Å². The van der Waals surface area contributed by atoms with Gasteiger partial charge in [-0.15, -0.1) is 0 Å². The zero-order valence-electron chi connectivity index (χ0n) is 13.7. The summed E-state index contributed by atoms with van der Waals surface area (Å²) in [5.41, 5.74) is 6.14. The van der Waals surface area contributed by atoms with Crippen LogP contribution in [-0.2, 0) is 4.74 Å². The number of carbonyl (C=O) groups excluding carboxylic acids is 1. The summed E-state index contributed by atoms with van der Waals surface area (Å²) in [6, 6.07) is 10.1. The van der Waals surface area contributed by atoms with Crippen LogP contribution in [0.2, 0.25) is 5.02 Å². The Labute approximate surface area is 155 Å². The highest BCUT2D eigenvalue weighted by Gasteiger charge is 2.28. The standard InChI is InChI=1S/C18H14ClN5O2/c19-12-3-1-11(2-4-12)16(25)15-13(9-20)17(22)23-18(14(15)10-21)24-5-7-26-8-6-24/h1-4H,5-8H2,(H2,22,23). The quantitative estimate of drug-likeness (QED) is 0.826. The van der Waals surface area contributed by atoms with Crippen LogP contribution in [0, 0.1) is 22.7 Å². The van der Waals surface area contributed by atoms with Crippen LogP contribution in [0.1, 0.15) is 27.0 Å². The summed E-state index contributed by atoms with van der Waals surface area (Å²) in [4.78, 5) is 19.1. The molecule has 3 rings (SSSR count). The average Bonchev–Trinajstić information content (AvgIpc) is 2.67. The Kier molecular flexibility index (Phi) is 5.04. The summed E-state index contributed by atoms with van der Waals surface area (Å²) in [5.74, 6) is -0.256. The van der Waals surface area contributed by atoms with Gasteiger partial charge >= 0.3 is 0 Å². The number of aromatic nitrogens is 1. The fourth-order valence-corrected chi connectivity index (χ4v) is 2.91. The number of hydrogen-bond donors (Lipinski definition) is 1. The molecule has 2 N–H and O–H groups in total. The maximum atomic E-state index is 13.0. The van der Waals surface area contributed by atoms with Gasteiger partial charge < -0.3 is 15.4 Å². The van der Waals surface area contributed by atoms with E-state index in [-0.39, 0.29) is 22.5 Å². The molecule has 1 aromatic heterocycles. The molecule has 2 aromatic rings. The minimum absolute atomic E-state index is 0.0358. The molecule has 130 valence electrons. The number of nitrogens with zero attached hydrogens (tertiary/aromatic N) is 4. The van der Waals surface area contributed by atoms with E-state index in [1.54, 1.807) is 12.1 Å². The van der Waals surface area contributed by atoms with Gasteiger partial charge in [-0.25, -0.2) is 4.98 Å². The van der Waals surface area contributed by atoms with Crippen LogP contribution >= 0.6 is 11.6 Å². The highest BCUT2D eigenvalue weighted by molar-refractivity contribution is 6.30. The molecule has 0 radical (unpaired) electrons. The number of benzene rings is 1. The Morgan fingerprint density at radius 3 is 2.35 bits per heavy atom. The summed E-state index contributed by atoms with van der Waals surface area (Å²) in [5, 5.41) is 19.7. The normalized spacial score (nSPS) is 13.7. The van der Waals surface area contributed by atoms with Crippen molar-refractivity contribution in [1.82, 2.24) is 4.98 Å². The molecular formula is C18H14ClN5O2. The number of rotatable bonds is 3. The van der Waals surface area contributed by atoms with E-state index in [0.29, 0.717) is 42.7 Å². The lowest BCUT2D eigenvalue weighted by Crippen LogP contribution is -2.37. The number of nitrogen functional groups attached to an aromatic ring is 1. The molecule has 0 unspecified atom stereocenters. The highest BCUT2D eigenvalue weighted by atomic mass is 35.5. The maximum absolute atomic E-state index is 13.0. The molecule has 0 aliphatic carbocycles. The molecule has 1 aliphatic heterocycles. The Morgan fingerprint density at radius 1 is 1.15 bits per heavy atom. The van der Waals surface area contributed by atoms with E-state index in [1.165, 1.54) is 12.1 Å². The summed E-state index contributed by atoms with van der Waals surface area (Å²) < 4.78 is 5.31. The van der Waals surface area contributed by atoms with Crippen molar-refractivity contribution in [3.8, 4) is 12.1 Å². The molecule has 1 aromatic carbocycles. The second-order valence-electron chi connectivity index (χ2n) is 5.60. The molecule has 0 bridgehead atoms. The minimum Gasteiger partial charge on any atom is -0.383 e. The van der Waals surface area contributed by atoms with E-state index in [1.807, 2.05) is 17.0 Å². The lowest BCUT2D eigenvalue weighted by Gasteiger charge is -2.29. The van der Waals surface area contributed by atoms with E-state index in [0.717, 1.165) is 0 Å². The van der Waals surface area contributed by atoms with Crippen LogP contribution in [0.3, 0.4) is 0 Å². The van der Waals surface area contributed by atoms with E-state index >= 15 is 0 Å². The van der Waals surface area contributed by atoms with Crippen molar-refractivity contribution >= 4 is 29.0 Å². The van der Waals surface area contributed by atoms with Gasteiger partial charge in [0, 0.05) is 23.7 Å². The first-order chi connectivity index (χ1) is 12.6. The Morgan fingerprint density at radius 2 is 1.77 bits per heavy atom. The first-order valence-electron chi connectivity index (χ1n) is 7.83. The van der Waals surface area contributed by atoms with Crippen LogP contribution in [0.4, 0.5) is 11.6 Å². The average molecular weight is 368 g/mol. The van der Waals surface area contributed by atoms with E-state index in [9.17, 15) is 15.3 Å². The number of ketones is 1. The third kappa shape index (κ3) is 3.18. The molecule has 26 heavy (non-hydrogen) atoms. The van der Waals surface area contributed by atoms with Crippen molar-refractivity contribution < 1.29 is 9.53 Å². The number of pyridine rings is 1. The fraction of sp³-hybridized carbons (Fsp3) is 0.222. The number of nitrogens with two attached hydrogens (primary N) is 1. The van der Waals surface area contributed by atoms with Gasteiger partial charge in [-0.1, -0.05) is 11.6 Å². The summed E-state index contributed by atoms with van der Waals surface area (Å²) in [7, 11) is 0. The molecule has 2 heterocycles. The summed E-state index contributed by atoms with van der Waals surface area (Å²) in [6.45, 7) is 1.99. The van der Waals surface area contributed by atoms with Crippen molar-refractivity contribution in [2.45, 2.75) is 0 Å². The topological polar surface area (TPSA) is 116 Å². The number of halogens is 1. The molecule has 8 heteroatoms. The Bertz CT molecular complexity index is 938. The Hall–Kier alpha value is -3.13. The van der Waals surface area contributed by atoms with E-state index in [2.05, 4.69) is 4.98 Å². The monoisotopic (exact) mass is 367 g/mol. The molecule has 0 spiro atoms. The second kappa shape index (κ2) is 7.40. The van der Waals surface area contributed by atoms with Gasteiger partial charge in [0.05, 0.1) is 18.8 Å². The zero-order chi connectivity index (χ0) is 18.7. The number of anilines is 2. The van der Waals surface area contributed by atoms with Crippen molar-refractivity contribution in [2.24, 2.45) is 0 Å². The van der Waals surface area contributed by atoms with Gasteiger partial charge in [0.25, 0.3) is 0 Å². The molecule has 1 saturated heterocycles. The smallest absolute Gasteiger partial charge is 0.195 e. The molecule has 0 amide bonds. The zero-order valence-corrected chi connectivity index (χ0v) is 14.5. The number of morpholine rings is 1. The molecule has 1 aliphatic rings. The second-order valence-corrected chi connectivity index (χ2v) is 6.04. The third-order valence-corrected chi connectivity index (χ3v) is 4.33. The number of nitriles is 2. The lowest BCUT2D eigenvalue weighted by molar-refractivity contribution is 0.103. The predicted molar refractivity (Wildman–Crippen MR) is 96.0 cm³/mol. The molecule has 0 atom stereocenters. The van der Waals surface area contributed by atoms with Crippen LogP contribution in [0.5, 0.6) is 0 Å². The molecule has 1 fully saturated rings. The van der Waals surface area contributed by atoms with Crippen LogP contribution < -0.4 is 10.6 Å². The molecular weight excluding hydrogens is 354 g/mol. The van der Waals surface area contributed by atoms with Gasteiger partial charge in [0.15, 0.2) is 5.78 Å². The molecule has 7 nitrogen and oxygen atoms in total. The SMILES string of the molecule is N#Cc1c(N)nc(N2CCOCC2)c(C#N)c1C(=O)c1ccc(Cl)cc1. The third-order valence-electron chi connectivity index (χ3n) is 4.07. The number of ether oxygens (including phenoxy) is 1. The van der Waals surface area contributed by atoms with Crippen molar-refractivity contribution in [2.75, 3.05) is 36.9 Å². The fourth-order valence-electron chi connectivity index (χ4n) is 2.79. The number of hydrogen-bond acceptors (Lipinski definition) is 7. The highest BCUT2D eigenvalue weighted by Crippen LogP contribution is 2.30. The van der Waals surface area contributed by atoms with Crippen molar-refractivity contribution in [3.05, 3.63) is 51.5 Å². The maximum Gasteiger partial charge on any atom is 0.195 e. The molecule has 0 saturated carbocycles. The summed E-state index contributed by atoms with van der Waals surface area (Å²) in [6.07, 6.45) is 0. The van der Waals surface area contributed by atoms with Crippen LogP contribution in [-0.4, -0.2) is 37.1 Å². The van der Waals surface area contributed by atoms with Crippen molar-refractivity contribution in [3.63, 3.8) is 0 Å². The largest absolute Gasteiger partial charge is 0.383 e. The first kappa shape index (κ1) is 17.7.